The summed E-state index contributed by atoms with van der Waals surface area (Å²) in [5.74, 6) is -0.695. The van der Waals surface area contributed by atoms with E-state index >= 15 is 0 Å². The van der Waals surface area contributed by atoms with E-state index in [0.29, 0.717) is 6.42 Å². The van der Waals surface area contributed by atoms with Gasteiger partial charge in [-0.25, -0.2) is 24.3 Å². The number of carboxylic acids is 1. The summed E-state index contributed by atoms with van der Waals surface area (Å²) >= 11 is 0. The smallest absolute Gasteiger partial charge is 0.481 e. The molecule has 0 saturated heterocycles. The van der Waals surface area contributed by atoms with E-state index in [1.54, 1.807) is 0 Å². The van der Waals surface area contributed by atoms with Gasteiger partial charge in [-0.05, 0) is 25.9 Å². The zero-order chi connectivity index (χ0) is 14.5. The quantitative estimate of drug-likeness (QED) is 0.442. The van der Waals surface area contributed by atoms with Gasteiger partial charge in [-0.1, -0.05) is 6.42 Å². The van der Waals surface area contributed by atoms with Crippen LogP contribution < -0.4 is 5.32 Å². The Morgan fingerprint density at radius 3 is 2.38 bits per heavy atom. The van der Waals surface area contributed by atoms with E-state index in [2.05, 4.69) is 17.4 Å². The van der Waals surface area contributed by atoms with Crippen LogP contribution in [0.3, 0.4) is 0 Å². The van der Waals surface area contributed by atoms with Crippen molar-refractivity contribution in [2.75, 3.05) is 6.54 Å². The molecular weight excluding hydrogens is 306 g/mol. The average molecular weight is 329 g/mol. The number of rotatable bonds is 8. The third kappa shape index (κ3) is 12.1. The topological polar surface area (TPSA) is 49.3 Å². The molecule has 0 aromatic heterocycles. The molecule has 2 N–H and O–H groups in total. The fourth-order valence-corrected chi connectivity index (χ4v) is 1.79. The summed E-state index contributed by atoms with van der Waals surface area (Å²) in [6.45, 7) is 1.87. The predicted molar refractivity (Wildman–Crippen MR) is 81.9 cm³/mol. The van der Waals surface area contributed by atoms with Crippen LogP contribution in [0.25, 0.3) is 0 Å². The van der Waals surface area contributed by atoms with E-state index in [1.807, 2.05) is 42.5 Å². The van der Waals surface area contributed by atoms with Crippen LogP contribution in [0.2, 0.25) is 0 Å². The minimum absolute atomic E-state index is 0. The summed E-state index contributed by atoms with van der Waals surface area (Å²) in [6.07, 6.45) is 3.12. The SMILES string of the molecule is O=C(O)CCCCCNCc1ccc[cH-]1.[Fe+2].c1cc[cH-]c1. The molecular formula is C17H23FeNO2. The van der Waals surface area contributed by atoms with Crippen LogP contribution in [0.1, 0.15) is 31.2 Å². The van der Waals surface area contributed by atoms with Gasteiger partial charge in [-0.15, -0.1) is 0 Å². The van der Waals surface area contributed by atoms with Crippen molar-refractivity contribution in [3.8, 4) is 0 Å². The standard InChI is InChI=1S/C12H18NO2.C5H5.Fe/c14-12(15)8-2-1-5-9-13-10-11-6-3-4-7-11;1-2-4-5-3-1;/h3-4,6-7,13H,1-2,5,8-10H2,(H,14,15);1-5H;/q2*-1;+2. The molecule has 0 unspecified atom stereocenters. The first-order chi connectivity index (χ1) is 9.79. The Morgan fingerprint density at radius 1 is 1.10 bits per heavy atom. The zero-order valence-electron chi connectivity index (χ0n) is 12.1. The summed E-state index contributed by atoms with van der Waals surface area (Å²) in [6, 6.07) is 18.3. The van der Waals surface area contributed by atoms with Crippen LogP contribution in [0.5, 0.6) is 0 Å². The molecule has 0 aliphatic heterocycles. The molecule has 0 spiro atoms. The van der Waals surface area contributed by atoms with Crippen LogP contribution in [0.15, 0.2) is 54.6 Å². The molecule has 2 aromatic rings. The molecule has 0 bridgehead atoms. The molecule has 0 amide bonds. The van der Waals surface area contributed by atoms with Gasteiger partial charge >= 0.3 is 23.0 Å². The summed E-state index contributed by atoms with van der Waals surface area (Å²) in [5.41, 5.74) is 1.31. The first-order valence-electron chi connectivity index (χ1n) is 7.09. The Bertz CT molecular complexity index is 406. The second kappa shape index (κ2) is 13.6. The van der Waals surface area contributed by atoms with Crippen molar-refractivity contribution >= 4 is 5.97 Å². The molecule has 4 heteroatoms. The Balaban J connectivity index is 0.000000562. The van der Waals surface area contributed by atoms with E-state index in [0.717, 1.165) is 32.4 Å². The molecule has 3 nitrogen and oxygen atoms in total. The Morgan fingerprint density at radius 2 is 1.86 bits per heavy atom. The second-order valence-corrected chi connectivity index (χ2v) is 4.64. The Kier molecular flexibility index (Phi) is 12.7. The van der Waals surface area contributed by atoms with Gasteiger partial charge in [0.25, 0.3) is 0 Å². The summed E-state index contributed by atoms with van der Waals surface area (Å²) < 4.78 is 0. The van der Waals surface area contributed by atoms with Crippen molar-refractivity contribution < 1.29 is 27.0 Å². The van der Waals surface area contributed by atoms with Gasteiger partial charge in [0.05, 0.1) is 0 Å². The number of nitrogens with one attached hydrogen (secondary N) is 1. The Hall–Kier alpha value is -1.35. The molecule has 2 rings (SSSR count). The molecule has 0 aliphatic carbocycles. The fraction of sp³-hybridized carbons (Fsp3) is 0.353. The van der Waals surface area contributed by atoms with E-state index < -0.39 is 5.97 Å². The monoisotopic (exact) mass is 329 g/mol. The van der Waals surface area contributed by atoms with Crippen LogP contribution in [0.4, 0.5) is 0 Å². The van der Waals surface area contributed by atoms with Gasteiger partial charge in [0.15, 0.2) is 0 Å². The number of hydrogen-bond donors (Lipinski definition) is 2. The maximum Gasteiger partial charge on any atom is 2.00 e. The predicted octanol–water partition coefficient (Wildman–Crippen LogP) is 3.54. The molecule has 0 saturated carbocycles. The van der Waals surface area contributed by atoms with Crippen molar-refractivity contribution in [3.63, 3.8) is 0 Å². The molecule has 2 aromatic carbocycles. The van der Waals surface area contributed by atoms with Crippen molar-refractivity contribution in [1.82, 2.24) is 5.32 Å². The molecule has 0 radical (unpaired) electrons. The fourth-order valence-electron chi connectivity index (χ4n) is 1.79. The number of carboxylic acid groups (broad SMARTS) is 1. The summed E-state index contributed by atoms with van der Waals surface area (Å²) in [4.78, 5) is 10.2. The van der Waals surface area contributed by atoms with E-state index in [9.17, 15) is 4.79 Å². The van der Waals surface area contributed by atoms with Crippen LogP contribution in [-0.4, -0.2) is 17.6 Å². The summed E-state index contributed by atoms with van der Waals surface area (Å²) in [7, 11) is 0. The van der Waals surface area contributed by atoms with Crippen LogP contribution >= 0.6 is 0 Å². The maximum absolute atomic E-state index is 10.2. The third-order valence-electron chi connectivity index (χ3n) is 2.86. The minimum Gasteiger partial charge on any atom is -0.481 e. The van der Waals surface area contributed by atoms with Crippen molar-refractivity contribution in [2.24, 2.45) is 0 Å². The van der Waals surface area contributed by atoms with Crippen LogP contribution in [-0.2, 0) is 28.4 Å². The van der Waals surface area contributed by atoms with Crippen molar-refractivity contribution in [3.05, 3.63) is 60.2 Å². The number of unbranched alkanes of at least 4 members (excludes halogenated alkanes) is 2. The van der Waals surface area contributed by atoms with E-state index in [4.69, 9.17) is 5.11 Å². The van der Waals surface area contributed by atoms with E-state index in [1.165, 1.54) is 5.56 Å². The molecule has 0 fully saturated rings. The van der Waals surface area contributed by atoms with Crippen molar-refractivity contribution in [2.45, 2.75) is 32.2 Å². The van der Waals surface area contributed by atoms with Crippen LogP contribution in [0, 0.1) is 0 Å². The maximum atomic E-state index is 10.2. The van der Waals surface area contributed by atoms with Crippen molar-refractivity contribution in [1.29, 1.82) is 0 Å². The average Bonchev–Trinajstić information content (AvgIpc) is 3.13. The first-order valence-corrected chi connectivity index (χ1v) is 7.09. The van der Waals surface area contributed by atoms with Gasteiger partial charge in [-0.2, -0.15) is 35.9 Å². The molecule has 0 atom stereocenters. The number of aliphatic carboxylic acids is 1. The largest absolute Gasteiger partial charge is 2.00 e. The molecule has 0 heterocycles. The number of carbonyl (C=O) groups is 1. The Labute approximate surface area is 137 Å². The van der Waals surface area contributed by atoms with E-state index in [-0.39, 0.29) is 17.1 Å². The molecule has 116 valence electrons. The molecule has 21 heavy (non-hydrogen) atoms. The summed E-state index contributed by atoms with van der Waals surface area (Å²) in [5, 5.41) is 11.8. The molecule has 0 aliphatic rings. The second-order valence-electron chi connectivity index (χ2n) is 4.64. The normalized spacial score (nSPS) is 9.33. The minimum atomic E-state index is -0.695. The third-order valence-corrected chi connectivity index (χ3v) is 2.86. The van der Waals surface area contributed by atoms with Gasteiger partial charge in [0.1, 0.15) is 0 Å². The van der Waals surface area contributed by atoms with Gasteiger partial charge in [-0.3, -0.25) is 4.79 Å². The zero-order valence-corrected chi connectivity index (χ0v) is 13.3. The van der Waals surface area contributed by atoms with Gasteiger partial charge in [0.2, 0.25) is 0 Å². The first kappa shape index (κ1) is 19.6. The van der Waals surface area contributed by atoms with Gasteiger partial charge < -0.3 is 10.4 Å². The number of hydrogen-bond acceptors (Lipinski definition) is 2. The van der Waals surface area contributed by atoms with Gasteiger partial charge in [0, 0.05) is 6.42 Å².